The summed E-state index contributed by atoms with van der Waals surface area (Å²) in [7, 11) is -3.54. The van der Waals surface area contributed by atoms with E-state index in [0.717, 1.165) is 5.39 Å². The van der Waals surface area contributed by atoms with Crippen LogP contribution in [0.5, 0.6) is 0 Å². The molecule has 1 unspecified atom stereocenters. The van der Waals surface area contributed by atoms with E-state index in [4.69, 9.17) is 16.0 Å². The Hall–Kier alpha value is -2.31. The maximum Gasteiger partial charge on any atom is 0.263 e. The molecule has 1 aliphatic heterocycles. The van der Waals surface area contributed by atoms with E-state index in [1.807, 2.05) is 19.1 Å². The molecule has 0 radical (unpaired) electrons. The second kappa shape index (κ2) is 5.36. The zero-order valence-corrected chi connectivity index (χ0v) is 14.2. The lowest BCUT2D eigenvalue weighted by molar-refractivity contribution is 0.514. The average molecular weight is 361 g/mol. The molecule has 122 valence electrons. The van der Waals surface area contributed by atoms with E-state index >= 15 is 0 Å². The van der Waals surface area contributed by atoms with Gasteiger partial charge in [-0.1, -0.05) is 23.7 Å². The zero-order valence-electron chi connectivity index (χ0n) is 12.7. The van der Waals surface area contributed by atoms with Crippen molar-refractivity contribution in [2.75, 3.05) is 0 Å². The van der Waals surface area contributed by atoms with Gasteiger partial charge in [-0.05, 0) is 43.3 Å². The third kappa shape index (κ3) is 2.48. The molecule has 1 N–H and O–H groups in total. The number of hydrogen-bond acceptors (Lipinski definition) is 4. The summed E-state index contributed by atoms with van der Waals surface area (Å²) in [5, 5.41) is 1.52. The highest BCUT2D eigenvalue weighted by molar-refractivity contribution is 7.90. The van der Waals surface area contributed by atoms with Gasteiger partial charge in [0.15, 0.2) is 0 Å². The van der Waals surface area contributed by atoms with E-state index in [0.29, 0.717) is 27.8 Å². The minimum atomic E-state index is -3.54. The molecule has 7 heteroatoms. The molecule has 0 aliphatic carbocycles. The first-order chi connectivity index (χ1) is 11.4. The topological polar surface area (TPSA) is 71.7 Å². The first-order valence-corrected chi connectivity index (χ1v) is 9.19. The predicted octanol–water partition coefficient (Wildman–Crippen LogP) is 3.89. The van der Waals surface area contributed by atoms with E-state index in [1.54, 1.807) is 36.4 Å². The second-order valence-electron chi connectivity index (χ2n) is 5.59. The molecule has 3 aromatic rings. The SMILES string of the molecule is CC(N=C1NS(=O)(=O)c2ccccc21)c1cc2cc(Cl)ccc2o1. The summed E-state index contributed by atoms with van der Waals surface area (Å²) < 4.78 is 32.6. The lowest BCUT2D eigenvalue weighted by atomic mass is 10.2. The highest BCUT2D eigenvalue weighted by atomic mass is 35.5. The van der Waals surface area contributed by atoms with E-state index in [1.165, 1.54) is 0 Å². The third-order valence-corrected chi connectivity index (χ3v) is 5.53. The van der Waals surface area contributed by atoms with Crippen molar-refractivity contribution in [1.29, 1.82) is 0 Å². The van der Waals surface area contributed by atoms with Crippen LogP contribution in [0.2, 0.25) is 5.02 Å². The van der Waals surface area contributed by atoms with Crippen LogP contribution in [-0.2, 0) is 10.0 Å². The van der Waals surface area contributed by atoms with Crippen LogP contribution in [0.1, 0.15) is 24.3 Å². The second-order valence-corrected chi connectivity index (χ2v) is 7.67. The van der Waals surface area contributed by atoms with Gasteiger partial charge in [0.1, 0.15) is 23.2 Å². The van der Waals surface area contributed by atoms with Crippen molar-refractivity contribution in [2.45, 2.75) is 17.9 Å². The van der Waals surface area contributed by atoms with Gasteiger partial charge < -0.3 is 4.42 Å². The number of sulfonamides is 1. The third-order valence-electron chi connectivity index (χ3n) is 3.89. The zero-order chi connectivity index (χ0) is 16.9. The predicted molar refractivity (Wildman–Crippen MR) is 92.9 cm³/mol. The molecule has 1 aromatic heterocycles. The molecular formula is C17H13ClN2O3S. The first-order valence-electron chi connectivity index (χ1n) is 7.33. The first kappa shape index (κ1) is 15.2. The molecule has 1 aliphatic rings. The molecule has 0 saturated heterocycles. The number of benzene rings is 2. The largest absolute Gasteiger partial charge is 0.459 e. The van der Waals surface area contributed by atoms with Gasteiger partial charge in [0.2, 0.25) is 0 Å². The van der Waals surface area contributed by atoms with E-state index in [9.17, 15) is 8.42 Å². The highest BCUT2D eigenvalue weighted by Gasteiger charge is 2.30. The van der Waals surface area contributed by atoms with Crippen molar-refractivity contribution in [3.05, 3.63) is 64.9 Å². The van der Waals surface area contributed by atoms with Crippen LogP contribution >= 0.6 is 11.6 Å². The maximum absolute atomic E-state index is 12.1. The van der Waals surface area contributed by atoms with Crippen LogP contribution in [0, 0.1) is 0 Å². The van der Waals surface area contributed by atoms with Crippen molar-refractivity contribution >= 4 is 38.4 Å². The lowest BCUT2D eigenvalue weighted by Gasteiger charge is -2.05. The molecular weight excluding hydrogens is 348 g/mol. The highest BCUT2D eigenvalue weighted by Crippen LogP contribution is 2.29. The Labute approximate surface area is 144 Å². The summed E-state index contributed by atoms with van der Waals surface area (Å²) in [6, 6.07) is 13.7. The number of aliphatic imine (C=N–C) groups is 1. The van der Waals surface area contributed by atoms with Crippen LogP contribution in [0.3, 0.4) is 0 Å². The van der Waals surface area contributed by atoms with Crippen molar-refractivity contribution < 1.29 is 12.8 Å². The summed E-state index contributed by atoms with van der Waals surface area (Å²) in [6.45, 7) is 1.85. The van der Waals surface area contributed by atoms with Crippen molar-refractivity contribution in [2.24, 2.45) is 4.99 Å². The summed E-state index contributed by atoms with van der Waals surface area (Å²) in [5.41, 5.74) is 1.29. The average Bonchev–Trinajstić information content (AvgIpc) is 3.07. The molecule has 0 amide bonds. The van der Waals surface area contributed by atoms with Gasteiger partial charge in [-0.15, -0.1) is 0 Å². The van der Waals surface area contributed by atoms with Gasteiger partial charge in [-0.2, -0.15) is 0 Å². The quantitative estimate of drug-likeness (QED) is 0.753. The normalized spacial score (nSPS) is 18.5. The van der Waals surface area contributed by atoms with Gasteiger partial charge in [0, 0.05) is 16.0 Å². The number of nitrogens with one attached hydrogen (secondary N) is 1. The molecule has 0 bridgehead atoms. The Morgan fingerprint density at radius 2 is 1.96 bits per heavy atom. The molecule has 2 aromatic carbocycles. The summed E-state index contributed by atoms with van der Waals surface area (Å²) >= 11 is 5.99. The Kier molecular flexibility index (Phi) is 3.40. The van der Waals surface area contributed by atoms with E-state index in [2.05, 4.69) is 9.71 Å². The molecule has 1 atom stereocenters. The minimum Gasteiger partial charge on any atom is -0.459 e. The Morgan fingerprint density at radius 3 is 2.79 bits per heavy atom. The fourth-order valence-corrected chi connectivity index (χ4v) is 4.15. The van der Waals surface area contributed by atoms with Gasteiger partial charge in [-0.25, -0.2) is 8.42 Å². The monoisotopic (exact) mass is 360 g/mol. The number of nitrogens with zero attached hydrogens (tertiary/aromatic N) is 1. The number of halogens is 1. The number of hydrogen-bond donors (Lipinski definition) is 1. The number of fused-ring (bicyclic) bond motifs is 2. The van der Waals surface area contributed by atoms with Gasteiger partial charge in [-0.3, -0.25) is 9.71 Å². The van der Waals surface area contributed by atoms with Crippen LogP contribution in [0.15, 0.2) is 62.8 Å². The molecule has 0 saturated carbocycles. The van der Waals surface area contributed by atoms with Gasteiger partial charge in [0.25, 0.3) is 10.0 Å². The maximum atomic E-state index is 12.1. The number of amidine groups is 1. The van der Waals surface area contributed by atoms with E-state index < -0.39 is 10.0 Å². The molecule has 5 nitrogen and oxygen atoms in total. The van der Waals surface area contributed by atoms with Crippen LogP contribution < -0.4 is 4.72 Å². The fourth-order valence-electron chi connectivity index (χ4n) is 2.73. The molecule has 0 fully saturated rings. The van der Waals surface area contributed by atoms with E-state index in [-0.39, 0.29) is 10.9 Å². The van der Waals surface area contributed by atoms with Crippen molar-refractivity contribution in [1.82, 2.24) is 4.72 Å². The van der Waals surface area contributed by atoms with Crippen molar-refractivity contribution in [3.8, 4) is 0 Å². The van der Waals surface area contributed by atoms with Crippen LogP contribution in [0.4, 0.5) is 0 Å². The lowest BCUT2D eigenvalue weighted by Crippen LogP contribution is -2.22. The number of rotatable bonds is 2. The van der Waals surface area contributed by atoms with Gasteiger partial charge in [0.05, 0.1) is 4.90 Å². The Morgan fingerprint density at radius 1 is 1.17 bits per heavy atom. The van der Waals surface area contributed by atoms with Crippen LogP contribution in [-0.4, -0.2) is 14.3 Å². The van der Waals surface area contributed by atoms with Crippen LogP contribution in [0.25, 0.3) is 11.0 Å². The molecule has 0 spiro atoms. The molecule has 24 heavy (non-hydrogen) atoms. The standard InChI is InChI=1S/C17H13ClN2O3S/c1-10(15-9-11-8-12(18)6-7-14(11)23-15)19-17-13-4-2-3-5-16(13)24(21,22)20-17/h2-10H,1H3,(H,19,20). The minimum absolute atomic E-state index is 0.243. The summed E-state index contributed by atoms with van der Waals surface area (Å²) in [6.07, 6.45) is 0. The molecule has 2 heterocycles. The molecule has 4 rings (SSSR count). The fraction of sp³-hybridized carbons (Fsp3) is 0.118. The van der Waals surface area contributed by atoms with Crippen molar-refractivity contribution in [3.63, 3.8) is 0 Å². The summed E-state index contributed by atoms with van der Waals surface area (Å²) in [4.78, 5) is 4.74. The number of furan rings is 1. The smallest absolute Gasteiger partial charge is 0.263 e. The Bertz CT molecular complexity index is 1090. The van der Waals surface area contributed by atoms with Gasteiger partial charge >= 0.3 is 0 Å². The Balaban J connectivity index is 1.75. The summed E-state index contributed by atoms with van der Waals surface area (Å²) in [5.74, 6) is 0.972.